The van der Waals surface area contributed by atoms with Gasteiger partial charge < -0.3 is 4.74 Å². The van der Waals surface area contributed by atoms with E-state index < -0.39 is 21.7 Å². The van der Waals surface area contributed by atoms with Crippen LogP contribution in [0.25, 0.3) is 0 Å². The van der Waals surface area contributed by atoms with Gasteiger partial charge in [-0.25, -0.2) is 17.5 Å². The molecule has 196 valence electrons. The zero-order valence-electron chi connectivity index (χ0n) is 21.2. The Bertz CT molecular complexity index is 1250. The van der Waals surface area contributed by atoms with Gasteiger partial charge in [0, 0.05) is 22.5 Å². The zero-order chi connectivity index (χ0) is 26.3. The first kappa shape index (κ1) is 26.9. The van der Waals surface area contributed by atoms with Crippen molar-refractivity contribution in [2.75, 3.05) is 26.0 Å². The van der Waals surface area contributed by atoms with Crippen LogP contribution in [0.5, 0.6) is 5.75 Å². The van der Waals surface area contributed by atoms with Gasteiger partial charge in [-0.3, -0.25) is 9.69 Å². The van der Waals surface area contributed by atoms with Gasteiger partial charge in [-0.15, -0.1) is 0 Å². The number of nitrogens with zero attached hydrogens (tertiary/aromatic N) is 1. The Morgan fingerprint density at radius 3 is 2.50 bits per heavy atom. The minimum Gasteiger partial charge on any atom is -0.493 e. The van der Waals surface area contributed by atoms with Gasteiger partial charge >= 0.3 is 0 Å². The fraction of sp³-hybridized carbons (Fsp3) is 0.519. The number of piperidine rings is 1. The number of carbonyl (C=O) groups excluding carboxylic acids is 1. The Balaban J connectivity index is 1.42. The van der Waals surface area contributed by atoms with Gasteiger partial charge in [-0.1, -0.05) is 30.7 Å². The minimum absolute atomic E-state index is 0.0725. The second-order valence-corrected chi connectivity index (χ2v) is 12.8. The number of halogens is 2. The summed E-state index contributed by atoms with van der Waals surface area (Å²) in [7, 11) is -3.79. The topological polar surface area (TPSA) is 75.7 Å². The van der Waals surface area contributed by atoms with Crippen LogP contribution in [0.2, 0.25) is 5.02 Å². The van der Waals surface area contributed by atoms with E-state index in [1.807, 2.05) is 17.7 Å². The molecule has 0 aromatic heterocycles. The van der Waals surface area contributed by atoms with E-state index in [4.69, 9.17) is 16.3 Å². The van der Waals surface area contributed by atoms with Gasteiger partial charge in [0.1, 0.15) is 11.6 Å². The number of hydrogen-bond acceptors (Lipinski definition) is 5. The van der Waals surface area contributed by atoms with Crippen molar-refractivity contribution in [1.29, 1.82) is 0 Å². The van der Waals surface area contributed by atoms with E-state index in [9.17, 15) is 17.6 Å². The third-order valence-electron chi connectivity index (χ3n) is 7.37. The predicted octanol–water partition coefficient (Wildman–Crippen LogP) is 5.60. The van der Waals surface area contributed by atoms with E-state index in [-0.39, 0.29) is 22.9 Å². The normalized spacial score (nSPS) is 19.1. The van der Waals surface area contributed by atoms with Gasteiger partial charge in [-0.05, 0) is 87.4 Å². The Morgan fingerprint density at radius 1 is 1.25 bits per heavy atom. The molecule has 1 aliphatic heterocycles. The molecule has 0 radical (unpaired) electrons. The lowest BCUT2D eigenvalue weighted by Gasteiger charge is -2.42. The fourth-order valence-electron chi connectivity index (χ4n) is 4.82. The number of likely N-dealkylation sites (tertiary alicyclic amines) is 1. The maximum atomic E-state index is 14.8. The maximum Gasteiger partial charge on any atom is 0.267 e. The van der Waals surface area contributed by atoms with Crippen molar-refractivity contribution in [3.8, 4) is 5.75 Å². The molecule has 4 rings (SSSR count). The second-order valence-electron chi connectivity index (χ2n) is 10.7. The van der Waals surface area contributed by atoms with E-state index in [0.717, 1.165) is 66.7 Å². The molecule has 1 aliphatic carbocycles. The molecule has 1 N–H and O–H groups in total. The Morgan fingerprint density at radius 2 is 1.92 bits per heavy atom. The van der Waals surface area contributed by atoms with Crippen molar-refractivity contribution < 1.29 is 22.3 Å². The van der Waals surface area contributed by atoms with Crippen LogP contribution >= 0.6 is 11.6 Å². The van der Waals surface area contributed by atoms with Crippen LogP contribution in [-0.2, 0) is 10.0 Å². The highest BCUT2D eigenvalue weighted by Crippen LogP contribution is 2.46. The molecule has 9 heteroatoms. The van der Waals surface area contributed by atoms with Crippen molar-refractivity contribution in [2.45, 2.75) is 58.4 Å². The van der Waals surface area contributed by atoms with Crippen molar-refractivity contribution in [3.63, 3.8) is 0 Å². The number of rotatable bonds is 8. The molecule has 36 heavy (non-hydrogen) atoms. The van der Waals surface area contributed by atoms with E-state index >= 15 is 0 Å². The quantitative estimate of drug-likeness (QED) is 0.475. The number of hydrogen-bond donors (Lipinski definition) is 1. The van der Waals surface area contributed by atoms with Crippen molar-refractivity contribution >= 4 is 27.5 Å². The van der Waals surface area contributed by atoms with Crippen LogP contribution in [0.3, 0.4) is 0 Å². The van der Waals surface area contributed by atoms with Crippen LogP contribution in [0.15, 0.2) is 30.3 Å². The monoisotopic (exact) mass is 536 g/mol. The van der Waals surface area contributed by atoms with Crippen LogP contribution in [-0.4, -0.2) is 45.2 Å². The summed E-state index contributed by atoms with van der Waals surface area (Å²) in [6.45, 7) is 8.65. The Labute approximate surface area is 218 Å². The van der Waals surface area contributed by atoms with E-state index in [0.29, 0.717) is 12.4 Å². The summed E-state index contributed by atoms with van der Waals surface area (Å²) in [6.07, 6.45) is 4.58. The standard InChI is InChI=1S/C27H34ClFN2O4S/c1-17-5-8-20(23(28)13-17)18(2)31-11-9-27(3,10-12-31)16-35-25-15-24(29)22(14-21(25)19-6-7-19)26(32)30-36(4,33)34/h5,8,13-15,18-19H,6-7,9-12,16H2,1-4H3,(H,30,32)/t18-/m1/s1. The third-order valence-corrected chi connectivity index (χ3v) is 8.26. The zero-order valence-corrected chi connectivity index (χ0v) is 22.8. The highest BCUT2D eigenvalue weighted by atomic mass is 35.5. The first-order valence-electron chi connectivity index (χ1n) is 12.3. The van der Waals surface area contributed by atoms with Gasteiger partial charge in [-0.2, -0.15) is 0 Å². The number of aryl methyl sites for hydroxylation is 1. The molecule has 0 unspecified atom stereocenters. The summed E-state index contributed by atoms with van der Waals surface area (Å²) >= 11 is 6.51. The lowest BCUT2D eigenvalue weighted by atomic mass is 9.80. The van der Waals surface area contributed by atoms with Crippen molar-refractivity contribution in [3.05, 3.63) is 63.4 Å². The van der Waals surface area contributed by atoms with Crippen LogP contribution in [0.4, 0.5) is 4.39 Å². The molecule has 1 amide bonds. The third kappa shape index (κ3) is 6.39. The lowest BCUT2D eigenvalue weighted by Crippen LogP contribution is -2.42. The van der Waals surface area contributed by atoms with Gasteiger partial charge in [0.15, 0.2) is 0 Å². The van der Waals surface area contributed by atoms with Gasteiger partial charge in [0.2, 0.25) is 10.0 Å². The number of ether oxygens (including phenoxy) is 1. The molecule has 6 nitrogen and oxygen atoms in total. The van der Waals surface area contributed by atoms with Crippen molar-refractivity contribution in [1.82, 2.24) is 9.62 Å². The minimum atomic E-state index is -3.79. The van der Waals surface area contributed by atoms with Crippen LogP contribution in [0.1, 0.15) is 78.5 Å². The number of carbonyl (C=O) groups is 1. The van der Waals surface area contributed by atoms with Gasteiger partial charge in [0.25, 0.3) is 5.91 Å². The summed E-state index contributed by atoms with van der Waals surface area (Å²) in [6, 6.07) is 9.08. The van der Waals surface area contributed by atoms with Crippen LogP contribution < -0.4 is 9.46 Å². The Kier molecular flexibility index (Phi) is 7.70. The van der Waals surface area contributed by atoms with Crippen LogP contribution in [0, 0.1) is 18.2 Å². The molecular weight excluding hydrogens is 503 g/mol. The molecular formula is C27H34ClFN2O4S. The summed E-state index contributed by atoms with van der Waals surface area (Å²) in [5.74, 6) is -1.13. The fourth-order valence-corrected chi connectivity index (χ4v) is 5.66. The number of nitrogens with one attached hydrogen (secondary N) is 1. The smallest absolute Gasteiger partial charge is 0.267 e. The second kappa shape index (κ2) is 10.3. The maximum absolute atomic E-state index is 14.8. The summed E-state index contributed by atoms with van der Waals surface area (Å²) in [5, 5.41) is 0.794. The molecule has 1 saturated heterocycles. The summed E-state index contributed by atoms with van der Waals surface area (Å²) in [4.78, 5) is 14.7. The SMILES string of the molecule is Cc1ccc([C@@H](C)N2CCC(C)(COc3cc(F)c(C(=O)NS(C)(=O)=O)cc3C3CC3)CC2)c(Cl)c1. The largest absolute Gasteiger partial charge is 0.493 e. The number of benzene rings is 2. The van der Waals surface area contributed by atoms with E-state index in [2.05, 4.69) is 30.9 Å². The average molecular weight is 537 g/mol. The Hall–Kier alpha value is -2.16. The van der Waals surface area contributed by atoms with E-state index in [1.165, 1.54) is 12.1 Å². The van der Waals surface area contributed by atoms with Gasteiger partial charge in [0.05, 0.1) is 18.4 Å². The summed E-state index contributed by atoms with van der Waals surface area (Å²) < 4.78 is 45.7. The average Bonchev–Trinajstić information content (AvgIpc) is 3.62. The van der Waals surface area contributed by atoms with E-state index in [1.54, 1.807) is 0 Å². The highest BCUT2D eigenvalue weighted by molar-refractivity contribution is 7.89. The first-order valence-corrected chi connectivity index (χ1v) is 14.6. The lowest BCUT2D eigenvalue weighted by molar-refractivity contribution is 0.0510. The first-order chi connectivity index (χ1) is 16.8. The molecule has 2 fully saturated rings. The molecule has 1 heterocycles. The molecule has 0 spiro atoms. The molecule has 2 aliphatic rings. The number of sulfonamides is 1. The molecule has 1 saturated carbocycles. The molecule has 2 aromatic carbocycles. The molecule has 0 bridgehead atoms. The molecule has 2 aromatic rings. The highest BCUT2D eigenvalue weighted by Gasteiger charge is 2.35. The van der Waals surface area contributed by atoms with Crippen molar-refractivity contribution in [2.24, 2.45) is 5.41 Å². The molecule has 1 atom stereocenters. The summed E-state index contributed by atoms with van der Waals surface area (Å²) in [5.41, 5.74) is 2.69. The number of amides is 1. The predicted molar refractivity (Wildman–Crippen MR) is 140 cm³/mol.